The Morgan fingerprint density at radius 3 is 2.78 bits per heavy atom. The van der Waals surface area contributed by atoms with Crippen molar-refractivity contribution in [1.82, 2.24) is 14.9 Å². The van der Waals surface area contributed by atoms with Gasteiger partial charge in [0.15, 0.2) is 5.82 Å². The van der Waals surface area contributed by atoms with Crippen LogP contribution in [0.2, 0.25) is 0 Å². The third-order valence-corrected chi connectivity index (χ3v) is 8.59. The first-order valence-corrected chi connectivity index (χ1v) is 13.9. The molecule has 2 N–H and O–H groups in total. The molecule has 0 spiro atoms. The summed E-state index contributed by atoms with van der Waals surface area (Å²) in [6.07, 6.45) is 9.50. The molecule has 3 saturated carbocycles. The summed E-state index contributed by atoms with van der Waals surface area (Å²) < 4.78 is 5.72. The van der Waals surface area contributed by atoms with Crippen molar-refractivity contribution >= 4 is 28.2 Å². The number of aromatic nitrogens is 2. The van der Waals surface area contributed by atoms with Gasteiger partial charge in [-0.1, -0.05) is 18.2 Å². The number of nitrogens with two attached hydrogens (primary N) is 1. The summed E-state index contributed by atoms with van der Waals surface area (Å²) in [5, 5.41) is 2.31. The molecule has 0 radical (unpaired) electrons. The molecule has 4 fully saturated rings. The number of hydrogen-bond donors (Lipinski definition) is 1. The Labute approximate surface area is 218 Å². The number of anilines is 2. The molecule has 7 heteroatoms. The van der Waals surface area contributed by atoms with Crippen LogP contribution >= 0.6 is 0 Å². The predicted molar refractivity (Wildman–Crippen MR) is 145 cm³/mol. The first-order valence-electron chi connectivity index (χ1n) is 13.9. The molecule has 2 aromatic heterocycles. The van der Waals surface area contributed by atoms with Crippen LogP contribution in [0.5, 0.6) is 0 Å². The van der Waals surface area contributed by atoms with Crippen LogP contribution < -0.4 is 10.6 Å². The van der Waals surface area contributed by atoms with Gasteiger partial charge in [0.05, 0.1) is 29.4 Å². The van der Waals surface area contributed by atoms with Crippen LogP contribution in [-0.2, 0) is 9.53 Å². The fourth-order valence-corrected chi connectivity index (χ4v) is 6.23. The second kappa shape index (κ2) is 8.98. The highest BCUT2D eigenvalue weighted by Crippen LogP contribution is 2.47. The first-order chi connectivity index (χ1) is 18.1. The van der Waals surface area contributed by atoms with Crippen molar-refractivity contribution in [3.63, 3.8) is 0 Å². The molecule has 7 nitrogen and oxygen atoms in total. The van der Waals surface area contributed by atoms with Crippen molar-refractivity contribution in [3.05, 3.63) is 48.4 Å². The van der Waals surface area contributed by atoms with E-state index in [1.165, 1.54) is 36.6 Å². The minimum atomic E-state index is 0.0487. The number of nitrogen functional groups attached to an aromatic ring is 1. The maximum Gasteiger partial charge on any atom is 0.228 e. The number of benzene rings is 1. The minimum absolute atomic E-state index is 0.0487. The van der Waals surface area contributed by atoms with E-state index in [-0.39, 0.29) is 24.0 Å². The molecule has 37 heavy (non-hydrogen) atoms. The second-order valence-corrected chi connectivity index (χ2v) is 11.2. The molecule has 0 bridgehead atoms. The Kier molecular flexibility index (Phi) is 5.57. The molecule has 1 aromatic carbocycles. The van der Waals surface area contributed by atoms with E-state index >= 15 is 0 Å². The zero-order valence-electron chi connectivity index (χ0n) is 21.5. The molecule has 3 heterocycles. The van der Waals surface area contributed by atoms with Gasteiger partial charge in [0, 0.05) is 55.5 Å². The van der Waals surface area contributed by atoms with E-state index in [0.717, 1.165) is 54.2 Å². The fraction of sp³-hybridized carbons (Fsp3) is 0.500. The van der Waals surface area contributed by atoms with Crippen molar-refractivity contribution in [3.8, 4) is 11.1 Å². The summed E-state index contributed by atoms with van der Waals surface area (Å²) in [5.74, 6) is 2.30. The summed E-state index contributed by atoms with van der Waals surface area (Å²) in [6.45, 7) is 4.98. The zero-order valence-corrected chi connectivity index (χ0v) is 21.5. The number of ether oxygens (including phenoxy) is 1. The van der Waals surface area contributed by atoms with Crippen molar-refractivity contribution in [1.29, 1.82) is 0 Å². The van der Waals surface area contributed by atoms with Crippen molar-refractivity contribution < 1.29 is 9.53 Å². The average molecular weight is 498 g/mol. The minimum Gasteiger partial charge on any atom is -0.396 e. The van der Waals surface area contributed by atoms with Gasteiger partial charge in [-0.05, 0) is 68.0 Å². The van der Waals surface area contributed by atoms with Crippen molar-refractivity contribution in [2.24, 2.45) is 11.8 Å². The van der Waals surface area contributed by atoms with E-state index in [2.05, 4.69) is 45.1 Å². The van der Waals surface area contributed by atoms with E-state index in [0.29, 0.717) is 18.4 Å². The standard InChI is InChI=1S/C30H35N5O2/c1-2-37-27-15-24(27)30(36)35-13-12-34(17-26(35)18-6-7-18)29-25(31)14-23(28(33-29)19-8-9-19)22-5-3-4-20-16-32-11-10-21(20)22/h3-5,10-11,14,16,18-19,24,26-27H,2,6-9,12-13,15,17,31H2,1H3/t24?,26-,27-/m0/s1. The van der Waals surface area contributed by atoms with Gasteiger partial charge in [-0.15, -0.1) is 0 Å². The van der Waals surface area contributed by atoms with Crippen molar-refractivity contribution in [2.45, 2.75) is 57.1 Å². The number of amides is 1. The molecule has 1 unspecified atom stereocenters. The van der Waals surface area contributed by atoms with Gasteiger partial charge < -0.3 is 20.3 Å². The highest BCUT2D eigenvalue weighted by molar-refractivity contribution is 5.97. The van der Waals surface area contributed by atoms with Gasteiger partial charge in [0.25, 0.3) is 0 Å². The van der Waals surface area contributed by atoms with Crippen LogP contribution in [-0.4, -0.2) is 59.2 Å². The smallest absolute Gasteiger partial charge is 0.228 e. The fourth-order valence-electron chi connectivity index (χ4n) is 6.23. The lowest BCUT2D eigenvalue weighted by molar-refractivity contribution is -0.136. The van der Waals surface area contributed by atoms with E-state index < -0.39 is 0 Å². The normalized spacial score (nSPS) is 25.5. The number of carbonyl (C=O) groups excluding carboxylic acids is 1. The quantitative estimate of drug-likeness (QED) is 0.513. The van der Waals surface area contributed by atoms with Crippen LogP contribution in [0.4, 0.5) is 11.5 Å². The lowest BCUT2D eigenvalue weighted by atomic mass is 9.96. The van der Waals surface area contributed by atoms with Crippen LogP contribution in [0.3, 0.4) is 0 Å². The average Bonchev–Trinajstić information content (AvgIpc) is 3.77. The number of piperazine rings is 1. The van der Waals surface area contributed by atoms with E-state index in [1.807, 2.05) is 19.3 Å². The number of rotatable bonds is 7. The molecular formula is C30H35N5O2. The molecule has 4 aliphatic rings. The number of pyridine rings is 2. The van der Waals surface area contributed by atoms with Gasteiger partial charge in [0.1, 0.15) is 0 Å². The number of fused-ring (bicyclic) bond motifs is 1. The third-order valence-electron chi connectivity index (χ3n) is 8.59. The van der Waals surface area contributed by atoms with Crippen LogP contribution in [0.1, 0.15) is 50.6 Å². The van der Waals surface area contributed by atoms with Crippen LogP contribution in [0, 0.1) is 11.8 Å². The number of nitrogens with zero attached hydrogens (tertiary/aromatic N) is 4. The Morgan fingerprint density at radius 1 is 1.14 bits per heavy atom. The molecule has 192 valence electrons. The molecular weight excluding hydrogens is 462 g/mol. The van der Waals surface area contributed by atoms with Crippen LogP contribution in [0.15, 0.2) is 42.7 Å². The topological polar surface area (TPSA) is 84.6 Å². The number of carbonyl (C=O) groups is 1. The Hall–Kier alpha value is -3.19. The summed E-state index contributed by atoms with van der Waals surface area (Å²) in [4.78, 5) is 27.4. The molecule has 3 atom stereocenters. The van der Waals surface area contributed by atoms with Crippen LogP contribution in [0.25, 0.3) is 21.9 Å². The van der Waals surface area contributed by atoms with Gasteiger partial charge in [-0.2, -0.15) is 0 Å². The Balaban J connectivity index is 1.19. The molecule has 3 aliphatic carbocycles. The predicted octanol–water partition coefficient (Wildman–Crippen LogP) is 4.61. The third kappa shape index (κ3) is 4.23. The highest BCUT2D eigenvalue weighted by Gasteiger charge is 2.50. The lowest BCUT2D eigenvalue weighted by Crippen LogP contribution is -2.57. The van der Waals surface area contributed by atoms with Crippen molar-refractivity contribution in [2.75, 3.05) is 36.9 Å². The largest absolute Gasteiger partial charge is 0.396 e. The summed E-state index contributed by atoms with van der Waals surface area (Å²) >= 11 is 0. The summed E-state index contributed by atoms with van der Waals surface area (Å²) in [5.41, 5.74) is 10.9. The maximum absolute atomic E-state index is 13.3. The monoisotopic (exact) mass is 497 g/mol. The Bertz CT molecular complexity index is 1350. The lowest BCUT2D eigenvalue weighted by Gasteiger charge is -2.43. The molecule has 1 aliphatic heterocycles. The molecule has 3 aromatic rings. The summed E-state index contributed by atoms with van der Waals surface area (Å²) in [7, 11) is 0. The molecule has 1 amide bonds. The molecule has 1 saturated heterocycles. The van der Waals surface area contributed by atoms with Gasteiger partial charge >= 0.3 is 0 Å². The second-order valence-electron chi connectivity index (χ2n) is 11.2. The Morgan fingerprint density at radius 2 is 2.00 bits per heavy atom. The SMILES string of the molecule is CCO[C@H]1CC1C(=O)N1CCN(c2nc(C3CC3)c(-c3cccc4cnccc34)cc2N)C[C@H]1C1CC1. The maximum atomic E-state index is 13.3. The molecule has 7 rings (SSSR count). The van der Waals surface area contributed by atoms with E-state index in [1.54, 1.807) is 0 Å². The number of hydrogen-bond acceptors (Lipinski definition) is 6. The highest BCUT2D eigenvalue weighted by atomic mass is 16.5. The first kappa shape index (κ1) is 23.0. The zero-order chi connectivity index (χ0) is 25.1. The van der Waals surface area contributed by atoms with Gasteiger partial charge in [0.2, 0.25) is 5.91 Å². The summed E-state index contributed by atoms with van der Waals surface area (Å²) in [6, 6.07) is 10.8. The van der Waals surface area contributed by atoms with E-state index in [4.69, 9.17) is 15.5 Å². The van der Waals surface area contributed by atoms with E-state index in [9.17, 15) is 4.79 Å². The van der Waals surface area contributed by atoms with Gasteiger partial charge in [-0.25, -0.2) is 4.98 Å². The van der Waals surface area contributed by atoms with Gasteiger partial charge in [-0.3, -0.25) is 9.78 Å².